The first kappa shape index (κ1) is 9.46. The number of carbonyl (C=O) groups is 1. The number of aromatic nitrogens is 2. The van der Waals surface area contributed by atoms with E-state index in [4.69, 9.17) is 5.26 Å². The second-order valence-corrected chi connectivity index (χ2v) is 2.83. The Morgan fingerprint density at radius 3 is 2.92 bits per heavy atom. The van der Waals surface area contributed by atoms with Crippen LogP contribution in [0, 0.1) is 17.2 Å². The maximum absolute atomic E-state index is 11.5. The molecule has 0 spiro atoms. The van der Waals surface area contributed by atoms with Crippen LogP contribution in [0.25, 0.3) is 0 Å². The first-order chi connectivity index (χ1) is 6.19. The number of nitrogens with zero attached hydrogens (tertiary/aromatic N) is 3. The first-order valence-electron chi connectivity index (χ1n) is 4.12. The van der Waals surface area contributed by atoms with E-state index in [1.165, 1.54) is 0 Å². The van der Waals surface area contributed by atoms with Gasteiger partial charge >= 0.3 is 0 Å². The van der Waals surface area contributed by atoms with Gasteiger partial charge in [-0.25, -0.2) is 0 Å². The van der Waals surface area contributed by atoms with Gasteiger partial charge < -0.3 is 0 Å². The Labute approximate surface area is 76.8 Å². The molecule has 0 saturated carbocycles. The number of Topliss-reactive ketones (excluding diaryl/α,β-unsaturated/α-hetero) is 1. The molecule has 0 fully saturated rings. The molecule has 4 heteroatoms. The van der Waals surface area contributed by atoms with Gasteiger partial charge in [0.2, 0.25) is 0 Å². The Morgan fingerprint density at radius 1 is 1.85 bits per heavy atom. The summed E-state index contributed by atoms with van der Waals surface area (Å²) in [7, 11) is 1.74. The summed E-state index contributed by atoms with van der Waals surface area (Å²) < 4.78 is 1.55. The van der Waals surface area contributed by atoms with E-state index in [2.05, 4.69) is 5.10 Å². The first-order valence-corrected chi connectivity index (χ1v) is 4.12. The van der Waals surface area contributed by atoms with Crippen molar-refractivity contribution in [2.45, 2.75) is 13.3 Å². The highest BCUT2D eigenvalue weighted by molar-refractivity contribution is 5.97. The van der Waals surface area contributed by atoms with E-state index in [1.807, 2.05) is 13.0 Å². The van der Waals surface area contributed by atoms with E-state index in [9.17, 15) is 4.79 Å². The summed E-state index contributed by atoms with van der Waals surface area (Å²) >= 11 is 0. The molecule has 1 rings (SSSR count). The summed E-state index contributed by atoms with van der Waals surface area (Å²) in [4.78, 5) is 11.5. The van der Waals surface area contributed by atoms with Crippen molar-refractivity contribution in [2.75, 3.05) is 0 Å². The molecule has 0 bridgehead atoms. The van der Waals surface area contributed by atoms with Crippen LogP contribution in [0.1, 0.15) is 23.8 Å². The van der Waals surface area contributed by atoms with Gasteiger partial charge in [-0.15, -0.1) is 0 Å². The lowest BCUT2D eigenvalue weighted by atomic mass is 10.0. The maximum Gasteiger partial charge on any atom is 0.200 e. The molecule has 68 valence electrons. The van der Waals surface area contributed by atoms with Gasteiger partial charge in [-0.2, -0.15) is 10.4 Å². The van der Waals surface area contributed by atoms with Crippen molar-refractivity contribution in [1.82, 2.24) is 9.78 Å². The molecule has 13 heavy (non-hydrogen) atoms. The van der Waals surface area contributed by atoms with E-state index in [1.54, 1.807) is 24.0 Å². The molecule has 0 saturated heterocycles. The fraction of sp³-hybridized carbons (Fsp3) is 0.444. The molecule has 1 aromatic rings. The van der Waals surface area contributed by atoms with E-state index >= 15 is 0 Å². The van der Waals surface area contributed by atoms with Gasteiger partial charge in [0.25, 0.3) is 0 Å². The van der Waals surface area contributed by atoms with E-state index < -0.39 is 5.92 Å². The van der Waals surface area contributed by atoms with E-state index in [0.717, 1.165) is 0 Å². The van der Waals surface area contributed by atoms with Gasteiger partial charge in [0.05, 0.1) is 6.07 Å². The molecule has 1 aromatic heterocycles. The third kappa shape index (κ3) is 1.94. The van der Waals surface area contributed by atoms with Crippen LogP contribution in [-0.4, -0.2) is 15.6 Å². The Balaban J connectivity index is 2.85. The molecule has 1 heterocycles. The minimum atomic E-state index is -0.560. The SMILES string of the molecule is CCC(C#N)C(=O)c1ccn(C)n1. The summed E-state index contributed by atoms with van der Waals surface area (Å²) in [6.45, 7) is 1.81. The van der Waals surface area contributed by atoms with E-state index in [-0.39, 0.29) is 5.78 Å². The fourth-order valence-corrected chi connectivity index (χ4v) is 1.06. The van der Waals surface area contributed by atoms with Crippen molar-refractivity contribution < 1.29 is 4.79 Å². The topological polar surface area (TPSA) is 58.7 Å². The Hall–Kier alpha value is -1.63. The van der Waals surface area contributed by atoms with Crippen molar-refractivity contribution in [2.24, 2.45) is 13.0 Å². The molecule has 0 aliphatic rings. The van der Waals surface area contributed by atoms with E-state index in [0.29, 0.717) is 12.1 Å². The normalized spacial score (nSPS) is 12.1. The third-order valence-electron chi connectivity index (χ3n) is 1.85. The van der Waals surface area contributed by atoms with Crippen LogP contribution >= 0.6 is 0 Å². The molecule has 0 N–H and O–H groups in total. The Kier molecular flexibility index (Phi) is 2.80. The van der Waals surface area contributed by atoms with Crippen LogP contribution in [0.4, 0.5) is 0 Å². The molecule has 0 aliphatic carbocycles. The van der Waals surface area contributed by atoms with Gasteiger partial charge in [-0.05, 0) is 12.5 Å². The maximum atomic E-state index is 11.5. The number of hydrogen-bond acceptors (Lipinski definition) is 3. The second-order valence-electron chi connectivity index (χ2n) is 2.83. The predicted octanol–water partition coefficient (Wildman–Crippen LogP) is 1.15. The molecule has 0 radical (unpaired) electrons. The lowest BCUT2D eigenvalue weighted by Crippen LogP contribution is -2.12. The molecular formula is C9H11N3O. The summed E-state index contributed by atoms with van der Waals surface area (Å²) in [5, 5.41) is 12.6. The van der Waals surface area contributed by atoms with Crippen molar-refractivity contribution in [3.8, 4) is 6.07 Å². The number of ketones is 1. The van der Waals surface area contributed by atoms with Crippen molar-refractivity contribution in [3.63, 3.8) is 0 Å². The second kappa shape index (κ2) is 3.85. The Bertz CT molecular complexity index is 348. The highest BCUT2D eigenvalue weighted by Crippen LogP contribution is 2.09. The lowest BCUT2D eigenvalue weighted by molar-refractivity contribution is 0.0941. The van der Waals surface area contributed by atoms with Crippen LogP contribution in [-0.2, 0) is 7.05 Å². The molecule has 0 aromatic carbocycles. The van der Waals surface area contributed by atoms with Crippen LogP contribution in [0.5, 0.6) is 0 Å². The fourth-order valence-electron chi connectivity index (χ4n) is 1.06. The quantitative estimate of drug-likeness (QED) is 0.651. The molecule has 4 nitrogen and oxygen atoms in total. The number of rotatable bonds is 3. The minimum Gasteiger partial charge on any atom is -0.291 e. The van der Waals surface area contributed by atoms with Crippen LogP contribution < -0.4 is 0 Å². The van der Waals surface area contributed by atoms with Gasteiger partial charge in [0.15, 0.2) is 5.78 Å². The van der Waals surface area contributed by atoms with Crippen molar-refractivity contribution in [3.05, 3.63) is 18.0 Å². The molecule has 0 aliphatic heterocycles. The summed E-state index contributed by atoms with van der Waals surface area (Å²) in [6.07, 6.45) is 2.23. The smallest absolute Gasteiger partial charge is 0.200 e. The zero-order valence-electron chi connectivity index (χ0n) is 7.69. The van der Waals surface area contributed by atoms with Gasteiger partial charge in [-0.3, -0.25) is 9.48 Å². The molecule has 1 unspecified atom stereocenters. The van der Waals surface area contributed by atoms with Gasteiger partial charge in [-0.1, -0.05) is 6.92 Å². The van der Waals surface area contributed by atoms with Crippen molar-refractivity contribution >= 4 is 5.78 Å². The summed E-state index contributed by atoms with van der Waals surface area (Å²) in [6, 6.07) is 3.59. The number of nitriles is 1. The largest absolute Gasteiger partial charge is 0.291 e. The van der Waals surface area contributed by atoms with Gasteiger partial charge in [0.1, 0.15) is 11.6 Å². The third-order valence-corrected chi connectivity index (χ3v) is 1.85. The average Bonchev–Trinajstić information content (AvgIpc) is 2.54. The number of aryl methyl sites for hydroxylation is 1. The Morgan fingerprint density at radius 2 is 2.54 bits per heavy atom. The lowest BCUT2D eigenvalue weighted by Gasteiger charge is -2.00. The summed E-state index contributed by atoms with van der Waals surface area (Å²) in [5.41, 5.74) is 0.371. The average molecular weight is 177 g/mol. The monoisotopic (exact) mass is 177 g/mol. The van der Waals surface area contributed by atoms with Crippen LogP contribution in [0.15, 0.2) is 12.3 Å². The van der Waals surface area contributed by atoms with Crippen LogP contribution in [0.2, 0.25) is 0 Å². The van der Waals surface area contributed by atoms with Crippen LogP contribution in [0.3, 0.4) is 0 Å². The minimum absolute atomic E-state index is 0.189. The molecule has 0 amide bonds. The van der Waals surface area contributed by atoms with Crippen molar-refractivity contribution in [1.29, 1.82) is 5.26 Å². The predicted molar refractivity (Wildman–Crippen MR) is 46.9 cm³/mol. The standard InChI is InChI=1S/C9H11N3O/c1-3-7(6-10)9(13)8-4-5-12(2)11-8/h4-5,7H,3H2,1-2H3. The van der Waals surface area contributed by atoms with Gasteiger partial charge in [0, 0.05) is 13.2 Å². The highest BCUT2D eigenvalue weighted by Gasteiger charge is 2.19. The summed E-state index contributed by atoms with van der Waals surface area (Å²) in [5.74, 6) is -0.750. The number of hydrogen-bond donors (Lipinski definition) is 0. The zero-order valence-corrected chi connectivity index (χ0v) is 7.69. The molecular weight excluding hydrogens is 166 g/mol. The molecule has 1 atom stereocenters. The zero-order chi connectivity index (χ0) is 9.84. The number of carbonyl (C=O) groups excluding carboxylic acids is 1. The highest BCUT2D eigenvalue weighted by atomic mass is 16.1.